The van der Waals surface area contributed by atoms with Gasteiger partial charge < -0.3 is 0 Å². The van der Waals surface area contributed by atoms with Crippen molar-refractivity contribution in [2.24, 2.45) is 0 Å². The lowest BCUT2D eigenvalue weighted by atomic mass is 10.4. The van der Waals surface area contributed by atoms with Crippen LogP contribution in [0.5, 0.6) is 0 Å². The molecule has 1 saturated heterocycles. The average Bonchev–Trinajstić information content (AvgIpc) is 2.83. The minimum atomic E-state index is -3.53. The molecule has 0 N–H and O–H groups in total. The Morgan fingerprint density at radius 3 is 2.69 bits per heavy atom. The van der Waals surface area contributed by atoms with Crippen LogP contribution in [0.25, 0.3) is 0 Å². The Bertz CT molecular complexity index is 527. The van der Waals surface area contributed by atoms with Crippen LogP contribution in [0.2, 0.25) is 0 Å². The van der Waals surface area contributed by atoms with Gasteiger partial charge in [-0.1, -0.05) is 0 Å². The molecule has 0 bridgehead atoms. The van der Waals surface area contributed by atoms with Gasteiger partial charge in [-0.2, -0.15) is 9.57 Å². The number of nitriles is 1. The quantitative estimate of drug-likeness (QED) is 0.760. The molecule has 0 unspecified atom stereocenters. The van der Waals surface area contributed by atoms with E-state index in [2.05, 4.69) is 4.98 Å². The van der Waals surface area contributed by atoms with Crippen LogP contribution in [0.3, 0.4) is 0 Å². The number of sulfonamides is 1. The highest BCUT2D eigenvalue weighted by Crippen LogP contribution is 2.21. The fraction of sp³-hybridized carbons (Fsp3) is 0.400. The Kier molecular flexibility index (Phi) is 2.90. The number of hydrogen-bond donors (Lipinski definition) is 0. The van der Waals surface area contributed by atoms with Crippen molar-refractivity contribution in [1.29, 1.82) is 5.26 Å². The van der Waals surface area contributed by atoms with Gasteiger partial charge in [-0.25, -0.2) is 13.4 Å². The molecule has 0 amide bonds. The van der Waals surface area contributed by atoms with Crippen molar-refractivity contribution < 1.29 is 8.42 Å². The van der Waals surface area contributed by atoms with E-state index in [1.807, 2.05) is 6.07 Å². The van der Waals surface area contributed by atoms with Crippen LogP contribution in [-0.4, -0.2) is 30.8 Å². The topological polar surface area (TPSA) is 74.1 Å². The number of nitrogens with zero attached hydrogens (tertiary/aromatic N) is 3. The fourth-order valence-electron chi connectivity index (χ4n) is 1.75. The minimum Gasteiger partial charge on any atom is -0.244 e. The molecule has 2 rings (SSSR count). The molecule has 0 aliphatic carbocycles. The fourth-order valence-corrected chi connectivity index (χ4v) is 3.36. The van der Waals surface area contributed by atoms with E-state index >= 15 is 0 Å². The first-order chi connectivity index (χ1) is 7.66. The molecule has 0 spiro atoms. The van der Waals surface area contributed by atoms with Crippen LogP contribution in [0, 0.1) is 11.3 Å². The predicted octanol–water partition coefficient (Wildman–Crippen LogP) is 0.738. The number of aromatic nitrogens is 1. The van der Waals surface area contributed by atoms with Gasteiger partial charge in [-0.15, -0.1) is 0 Å². The Morgan fingerprint density at radius 1 is 1.38 bits per heavy atom. The maximum absolute atomic E-state index is 12.1. The molecule has 0 atom stereocenters. The van der Waals surface area contributed by atoms with Crippen molar-refractivity contribution in [2.75, 3.05) is 13.1 Å². The van der Waals surface area contributed by atoms with Crippen molar-refractivity contribution in [1.82, 2.24) is 9.29 Å². The highest BCUT2D eigenvalue weighted by molar-refractivity contribution is 7.89. The van der Waals surface area contributed by atoms with E-state index in [4.69, 9.17) is 5.26 Å². The van der Waals surface area contributed by atoms with E-state index in [0.717, 1.165) is 12.8 Å². The molecular weight excluding hydrogens is 226 g/mol. The second kappa shape index (κ2) is 4.20. The highest BCUT2D eigenvalue weighted by atomic mass is 32.2. The minimum absolute atomic E-state index is 0.0133. The number of hydrogen-bond acceptors (Lipinski definition) is 4. The zero-order valence-corrected chi connectivity index (χ0v) is 9.44. The summed E-state index contributed by atoms with van der Waals surface area (Å²) in [5.41, 5.74) is -0.0330. The monoisotopic (exact) mass is 237 g/mol. The lowest BCUT2D eigenvalue weighted by molar-refractivity contribution is 0.477. The van der Waals surface area contributed by atoms with Gasteiger partial charge in [0.15, 0.2) is 5.69 Å². The molecule has 0 saturated carbocycles. The standard InChI is InChI=1S/C10H11N3O2S/c11-8-9-10(4-3-5-12-9)16(14,15)13-6-1-2-7-13/h3-5H,1-2,6-7H2. The summed E-state index contributed by atoms with van der Waals surface area (Å²) in [7, 11) is -3.53. The lowest BCUT2D eigenvalue weighted by Crippen LogP contribution is -2.28. The van der Waals surface area contributed by atoms with Gasteiger partial charge in [0.2, 0.25) is 10.0 Å². The molecule has 1 aromatic heterocycles. The van der Waals surface area contributed by atoms with Crippen LogP contribution >= 0.6 is 0 Å². The van der Waals surface area contributed by atoms with Crippen LogP contribution < -0.4 is 0 Å². The third kappa shape index (κ3) is 1.79. The summed E-state index contributed by atoms with van der Waals surface area (Å²) in [6.45, 7) is 1.06. The molecule has 1 aliphatic rings. The Hall–Kier alpha value is -1.45. The molecule has 1 aliphatic heterocycles. The van der Waals surface area contributed by atoms with E-state index < -0.39 is 10.0 Å². The van der Waals surface area contributed by atoms with Crippen LogP contribution in [0.4, 0.5) is 0 Å². The zero-order valence-electron chi connectivity index (χ0n) is 8.63. The molecule has 6 heteroatoms. The second-order valence-corrected chi connectivity index (χ2v) is 5.48. The smallest absolute Gasteiger partial charge is 0.244 e. The third-order valence-electron chi connectivity index (χ3n) is 2.56. The lowest BCUT2D eigenvalue weighted by Gasteiger charge is -2.15. The van der Waals surface area contributed by atoms with E-state index in [0.29, 0.717) is 13.1 Å². The van der Waals surface area contributed by atoms with E-state index in [1.54, 1.807) is 0 Å². The molecular formula is C10H11N3O2S. The SMILES string of the molecule is N#Cc1ncccc1S(=O)(=O)N1CCCC1. The largest absolute Gasteiger partial charge is 0.245 e. The van der Waals surface area contributed by atoms with Crippen molar-refractivity contribution in [3.63, 3.8) is 0 Å². The van der Waals surface area contributed by atoms with Gasteiger partial charge in [0.1, 0.15) is 11.0 Å². The summed E-state index contributed by atoms with van der Waals surface area (Å²) in [6.07, 6.45) is 3.17. The van der Waals surface area contributed by atoms with Gasteiger partial charge in [-0.3, -0.25) is 0 Å². The van der Waals surface area contributed by atoms with E-state index in [9.17, 15) is 8.42 Å². The summed E-state index contributed by atoms with van der Waals surface area (Å²) in [5, 5.41) is 8.83. The molecule has 16 heavy (non-hydrogen) atoms. The molecule has 1 fully saturated rings. The number of rotatable bonds is 2. The van der Waals surface area contributed by atoms with Gasteiger partial charge in [-0.05, 0) is 25.0 Å². The first kappa shape index (κ1) is 11.0. The summed E-state index contributed by atoms with van der Waals surface area (Å²) in [6, 6.07) is 4.77. The molecule has 1 aromatic rings. The highest BCUT2D eigenvalue weighted by Gasteiger charge is 2.29. The summed E-state index contributed by atoms with van der Waals surface area (Å²) < 4.78 is 25.7. The van der Waals surface area contributed by atoms with Gasteiger partial charge in [0.05, 0.1) is 0 Å². The maximum Gasteiger partial charge on any atom is 0.245 e. The van der Waals surface area contributed by atoms with Crippen molar-refractivity contribution in [2.45, 2.75) is 17.7 Å². The van der Waals surface area contributed by atoms with Crippen molar-refractivity contribution >= 4 is 10.0 Å². The van der Waals surface area contributed by atoms with Gasteiger partial charge >= 0.3 is 0 Å². The molecule has 0 aromatic carbocycles. The summed E-state index contributed by atoms with van der Waals surface area (Å²) >= 11 is 0. The van der Waals surface area contributed by atoms with Crippen LogP contribution in [0.15, 0.2) is 23.2 Å². The molecule has 2 heterocycles. The maximum atomic E-state index is 12.1. The number of pyridine rings is 1. The van der Waals surface area contributed by atoms with Crippen LogP contribution in [-0.2, 0) is 10.0 Å². The van der Waals surface area contributed by atoms with E-state index in [-0.39, 0.29) is 10.6 Å². The van der Waals surface area contributed by atoms with Crippen molar-refractivity contribution in [3.05, 3.63) is 24.0 Å². The molecule has 5 nitrogen and oxygen atoms in total. The first-order valence-corrected chi connectivity index (χ1v) is 6.45. The van der Waals surface area contributed by atoms with E-state index in [1.165, 1.54) is 22.6 Å². The normalized spacial score (nSPS) is 17.2. The third-order valence-corrected chi connectivity index (χ3v) is 4.49. The Labute approximate surface area is 94.4 Å². The van der Waals surface area contributed by atoms with Gasteiger partial charge in [0.25, 0.3) is 0 Å². The first-order valence-electron chi connectivity index (χ1n) is 5.01. The molecule has 84 valence electrons. The zero-order chi connectivity index (χ0) is 11.6. The summed E-state index contributed by atoms with van der Waals surface area (Å²) in [4.78, 5) is 3.78. The van der Waals surface area contributed by atoms with Crippen LogP contribution in [0.1, 0.15) is 18.5 Å². The second-order valence-electron chi connectivity index (χ2n) is 3.57. The Balaban J connectivity index is 2.47. The summed E-state index contributed by atoms with van der Waals surface area (Å²) in [5.74, 6) is 0. The average molecular weight is 237 g/mol. The predicted molar refractivity (Wildman–Crippen MR) is 56.9 cm³/mol. The molecule has 0 radical (unpaired) electrons. The van der Waals surface area contributed by atoms with Gasteiger partial charge in [0, 0.05) is 19.3 Å². The Morgan fingerprint density at radius 2 is 2.06 bits per heavy atom. The van der Waals surface area contributed by atoms with Crippen molar-refractivity contribution in [3.8, 4) is 6.07 Å².